The molecular weight excluding hydrogens is 286 g/mol. The first kappa shape index (κ1) is 13.6. The molecule has 0 spiro atoms. The van der Waals surface area contributed by atoms with Crippen LogP contribution in [0.2, 0.25) is 5.15 Å². The monoisotopic (exact) mass is 299 g/mol. The zero-order chi connectivity index (χ0) is 14.5. The SMILES string of the molecule is Clc1nnc(NCCOc2ccccc2)c2ccccc12. The minimum absolute atomic E-state index is 0.414. The molecule has 3 aromatic rings. The van der Waals surface area contributed by atoms with Crippen LogP contribution in [0.1, 0.15) is 0 Å². The van der Waals surface area contributed by atoms with Gasteiger partial charge in [-0.3, -0.25) is 0 Å². The van der Waals surface area contributed by atoms with E-state index in [-0.39, 0.29) is 0 Å². The normalized spacial score (nSPS) is 10.5. The minimum atomic E-state index is 0.414. The first-order valence-electron chi connectivity index (χ1n) is 6.67. The Bertz CT molecular complexity index is 734. The summed E-state index contributed by atoms with van der Waals surface area (Å²) in [4.78, 5) is 0. The number of ether oxygens (including phenoxy) is 1. The highest BCUT2D eigenvalue weighted by atomic mass is 35.5. The zero-order valence-corrected chi connectivity index (χ0v) is 12.0. The first-order valence-corrected chi connectivity index (χ1v) is 7.05. The van der Waals surface area contributed by atoms with Gasteiger partial charge in [0.05, 0.1) is 6.54 Å². The van der Waals surface area contributed by atoms with Crippen LogP contribution in [0, 0.1) is 0 Å². The molecule has 2 aromatic carbocycles. The van der Waals surface area contributed by atoms with E-state index in [4.69, 9.17) is 16.3 Å². The second-order valence-corrected chi connectivity index (χ2v) is 4.83. The van der Waals surface area contributed by atoms with Gasteiger partial charge in [-0.1, -0.05) is 54.1 Å². The van der Waals surface area contributed by atoms with Crippen LogP contribution in [-0.2, 0) is 0 Å². The summed E-state index contributed by atoms with van der Waals surface area (Å²) in [6.45, 7) is 1.18. The molecule has 1 aromatic heterocycles. The van der Waals surface area contributed by atoms with Crippen molar-refractivity contribution in [2.45, 2.75) is 0 Å². The number of hydrogen-bond acceptors (Lipinski definition) is 4. The summed E-state index contributed by atoms with van der Waals surface area (Å²) in [5.41, 5.74) is 0. The van der Waals surface area contributed by atoms with E-state index in [1.807, 2.05) is 54.6 Å². The van der Waals surface area contributed by atoms with E-state index in [0.29, 0.717) is 24.1 Å². The summed E-state index contributed by atoms with van der Waals surface area (Å²) >= 11 is 6.04. The van der Waals surface area contributed by atoms with Gasteiger partial charge in [0.1, 0.15) is 12.4 Å². The van der Waals surface area contributed by atoms with E-state index < -0.39 is 0 Å². The maximum Gasteiger partial charge on any atom is 0.159 e. The molecule has 0 aliphatic rings. The third-order valence-corrected chi connectivity index (χ3v) is 3.33. The van der Waals surface area contributed by atoms with Crippen molar-refractivity contribution < 1.29 is 4.74 Å². The molecule has 0 atom stereocenters. The van der Waals surface area contributed by atoms with Gasteiger partial charge >= 0.3 is 0 Å². The number of nitrogens with one attached hydrogen (secondary N) is 1. The third kappa shape index (κ3) is 3.23. The van der Waals surface area contributed by atoms with E-state index in [0.717, 1.165) is 16.5 Å². The maximum atomic E-state index is 6.04. The molecule has 5 heteroatoms. The van der Waals surface area contributed by atoms with E-state index in [9.17, 15) is 0 Å². The van der Waals surface area contributed by atoms with Gasteiger partial charge in [0.2, 0.25) is 0 Å². The summed E-state index contributed by atoms with van der Waals surface area (Å²) in [5.74, 6) is 1.57. The summed E-state index contributed by atoms with van der Waals surface area (Å²) in [6.07, 6.45) is 0. The quantitative estimate of drug-likeness (QED) is 0.728. The van der Waals surface area contributed by atoms with Crippen LogP contribution in [0.25, 0.3) is 10.8 Å². The number of anilines is 1. The Morgan fingerprint density at radius 3 is 2.43 bits per heavy atom. The molecule has 3 rings (SSSR count). The Morgan fingerprint density at radius 1 is 0.905 bits per heavy atom. The Kier molecular flexibility index (Phi) is 4.17. The van der Waals surface area contributed by atoms with Gasteiger partial charge in [-0.25, -0.2) is 0 Å². The standard InChI is InChI=1S/C16H14ClN3O/c17-15-13-8-4-5-9-14(13)16(20-19-15)18-10-11-21-12-6-2-1-3-7-12/h1-9H,10-11H2,(H,18,20). The highest BCUT2D eigenvalue weighted by Gasteiger charge is 2.06. The molecule has 0 bridgehead atoms. The van der Waals surface area contributed by atoms with Crippen LogP contribution in [0.5, 0.6) is 5.75 Å². The Morgan fingerprint density at radius 2 is 1.62 bits per heavy atom. The fourth-order valence-electron chi connectivity index (χ4n) is 2.06. The van der Waals surface area contributed by atoms with E-state index in [2.05, 4.69) is 15.5 Å². The minimum Gasteiger partial charge on any atom is -0.492 e. The number of para-hydroxylation sites is 1. The number of nitrogens with zero attached hydrogens (tertiary/aromatic N) is 2. The zero-order valence-electron chi connectivity index (χ0n) is 11.3. The van der Waals surface area contributed by atoms with E-state index in [1.54, 1.807) is 0 Å². The van der Waals surface area contributed by atoms with Gasteiger partial charge < -0.3 is 10.1 Å². The van der Waals surface area contributed by atoms with E-state index in [1.165, 1.54) is 0 Å². The maximum absolute atomic E-state index is 6.04. The molecule has 4 nitrogen and oxygen atoms in total. The first-order chi connectivity index (χ1) is 10.3. The number of rotatable bonds is 5. The average molecular weight is 300 g/mol. The second kappa shape index (κ2) is 6.41. The van der Waals surface area contributed by atoms with Crippen LogP contribution in [0.4, 0.5) is 5.82 Å². The summed E-state index contributed by atoms with van der Waals surface area (Å²) < 4.78 is 5.63. The Balaban J connectivity index is 1.65. The average Bonchev–Trinajstić information content (AvgIpc) is 2.55. The van der Waals surface area contributed by atoms with Crippen LogP contribution in [-0.4, -0.2) is 23.3 Å². The van der Waals surface area contributed by atoms with Gasteiger partial charge in [0.15, 0.2) is 11.0 Å². The predicted molar refractivity (Wildman–Crippen MR) is 85.0 cm³/mol. The summed E-state index contributed by atoms with van der Waals surface area (Å²) in [5, 5.41) is 13.5. The Labute approximate surface area is 127 Å². The topological polar surface area (TPSA) is 47.0 Å². The number of benzene rings is 2. The number of fused-ring (bicyclic) bond motifs is 1. The largest absolute Gasteiger partial charge is 0.492 e. The molecular formula is C16H14ClN3O. The molecule has 0 saturated heterocycles. The molecule has 0 saturated carbocycles. The van der Waals surface area contributed by atoms with Gasteiger partial charge in [-0.15, -0.1) is 10.2 Å². The highest BCUT2D eigenvalue weighted by Crippen LogP contribution is 2.25. The molecule has 0 fully saturated rings. The van der Waals surface area contributed by atoms with E-state index >= 15 is 0 Å². The fourth-order valence-corrected chi connectivity index (χ4v) is 2.26. The molecule has 1 heterocycles. The lowest BCUT2D eigenvalue weighted by Crippen LogP contribution is -2.13. The smallest absolute Gasteiger partial charge is 0.159 e. The number of hydrogen-bond donors (Lipinski definition) is 1. The van der Waals surface area contributed by atoms with Crippen molar-refractivity contribution in [1.82, 2.24) is 10.2 Å². The van der Waals surface area contributed by atoms with Crippen LogP contribution >= 0.6 is 11.6 Å². The molecule has 0 aliphatic heterocycles. The van der Waals surface area contributed by atoms with Crippen molar-refractivity contribution >= 4 is 28.2 Å². The summed E-state index contributed by atoms with van der Waals surface area (Å²) in [7, 11) is 0. The third-order valence-electron chi connectivity index (χ3n) is 3.05. The molecule has 0 amide bonds. The van der Waals surface area contributed by atoms with Crippen molar-refractivity contribution in [3.63, 3.8) is 0 Å². The van der Waals surface area contributed by atoms with Crippen LogP contribution in [0.15, 0.2) is 54.6 Å². The Hall–Kier alpha value is -2.33. The molecule has 0 unspecified atom stereocenters. The van der Waals surface area contributed by atoms with Gasteiger partial charge in [0, 0.05) is 10.8 Å². The van der Waals surface area contributed by atoms with Gasteiger partial charge in [-0.2, -0.15) is 0 Å². The van der Waals surface area contributed by atoms with Crippen molar-refractivity contribution in [2.75, 3.05) is 18.5 Å². The predicted octanol–water partition coefficient (Wildman–Crippen LogP) is 3.77. The molecule has 21 heavy (non-hydrogen) atoms. The van der Waals surface area contributed by atoms with Crippen LogP contribution in [0.3, 0.4) is 0 Å². The van der Waals surface area contributed by atoms with Crippen molar-refractivity contribution in [2.24, 2.45) is 0 Å². The van der Waals surface area contributed by atoms with Crippen molar-refractivity contribution in [1.29, 1.82) is 0 Å². The van der Waals surface area contributed by atoms with Gasteiger partial charge in [-0.05, 0) is 12.1 Å². The number of aromatic nitrogens is 2. The molecule has 106 valence electrons. The molecule has 0 aliphatic carbocycles. The molecule has 1 N–H and O–H groups in total. The highest BCUT2D eigenvalue weighted by molar-refractivity contribution is 6.34. The number of halogens is 1. The molecule has 0 radical (unpaired) electrons. The lowest BCUT2D eigenvalue weighted by atomic mass is 10.2. The fraction of sp³-hybridized carbons (Fsp3) is 0.125. The van der Waals surface area contributed by atoms with Gasteiger partial charge in [0.25, 0.3) is 0 Å². The van der Waals surface area contributed by atoms with Crippen molar-refractivity contribution in [3.8, 4) is 5.75 Å². The lowest BCUT2D eigenvalue weighted by Gasteiger charge is -2.10. The lowest BCUT2D eigenvalue weighted by molar-refractivity contribution is 0.333. The second-order valence-electron chi connectivity index (χ2n) is 4.47. The summed E-state index contributed by atoms with van der Waals surface area (Å²) in [6, 6.07) is 17.5. The van der Waals surface area contributed by atoms with Crippen LogP contribution < -0.4 is 10.1 Å². The van der Waals surface area contributed by atoms with Crippen molar-refractivity contribution in [3.05, 3.63) is 59.8 Å².